The van der Waals surface area contributed by atoms with Gasteiger partial charge in [0.05, 0.1) is 12.1 Å². The minimum Gasteiger partial charge on any atom is -0.444 e. The Morgan fingerprint density at radius 3 is 2.08 bits per heavy atom. The van der Waals surface area contributed by atoms with Gasteiger partial charge in [-0.15, -0.1) is 0 Å². The van der Waals surface area contributed by atoms with Gasteiger partial charge in [-0.2, -0.15) is 0 Å². The number of hydrogen-bond acceptors (Lipinski definition) is 4. The molecule has 0 aromatic rings. The molecule has 2 aliphatic heterocycles. The molecule has 2 bridgehead atoms. The number of hydrogen-bond donors (Lipinski definition) is 1. The molecule has 136 valence electrons. The van der Waals surface area contributed by atoms with Crippen molar-refractivity contribution < 1.29 is 19.4 Å². The number of rotatable bonds is 1. The van der Waals surface area contributed by atoms with Gasteiger partial charge in [0.1, 0.15) is 11.2 Å². The Bertz CT molecular complexity index is 494. The van der Waals surface area contributed by atoms with Crippen molar-refractivity contribution in [3.8, 4) is 0 Å². The van der Waals surface area contributed by atoms with Crippen LogP contribution in [0.3, 0.4) is 0 Å². The highest BCUT2D eigenvalue weighted by atomic mass is 16.6. The molecular formula is C18H30N2O4. The van der Waals surface area contributed by atoms with E-state index in [1.54, 1.807) is 4.90 Å². The number of fused-ring (bicyclic) bond motifs is 2. The Morgan fingerprint density at radius 2 is 1.58 bits per heavy atom. The quantitative estimate of drug-likeness (QED) is 0.796. The van der Waals surface area contributed by atoms with E-state index < -0.39 is 11.2 Å². The average molecular weight is 338 g/mol. The van der Waals surface area contributed by atoms with Crippen LogP contribution in [0.15, 0.2) is 0 Å². The molecule has 1 aliphatic carbocycles. The van der Waals surface area contributed by atoms with Crippen LogP contribution in [0.1, 0.15) is 65.7 Å². The third-order valence-corrected chi connectivity index (χ3v) is 5.44. The van der Waals surface area contributed by atoms with Crippen LogP contribution in [0.4, 0.5) is 4.79 Å². The zero-order valence-corrected chi connectivity index (χ0v) is 15.1. The first kappa shape index (κ1) is 17.5. The summed E-state index contributed by atoms with van der Waals surface area (Å²) in [6, 6.07) is 0.00241. The Balaban J connectivity index is 1.71. The summed E-state index contributed by atoms with van der Waals surface area (Å²) >= 11 is 0. The fraction of sp³-hybridized carbons (Fsp3) is 0.889. The van der Waals surface area contributed by atoms with Crippen molar-refractivity contribution in [1.82, 2.24) is 9.80 Å². The molecule has 0 radical (unpaired) electrons. The SMILES string of the molecule is CC(C)(C)OC(=O)N1C2CCCC1CN(C(=O)C1(O)CCCC1)C2. The molecule has 6 heteroatoms. The lowest BCUT2D eigenvalue weighted by atomic mass is 9.90. The van der Waals surface area contributed by atoms with Crippen LogP contribution in [0, 0.1) is 0 Å². The van der Waals surface area contributed by atoms with E-state index in [1.807, 2.05) is 25.7 Å². The monoisotopic (exact) mass is 338 g/mol. The fourth-order valence-electron chi connectivity index (χ4n) is 4.35. The lowest BCUT2D eigenvalue weighted by molar-refractivity contribution is -0.156. The van der Waals surface area contributed by atoms with E-state index in [-0.39, 0.29) is 24.1 Å². The van der Waals surface area contributed by atoms with Crippen molar-refractivity contribution in [2.45, 2.75) is 89.0 Å². The van der Waals surface area contributed by atoms with Crippen LogP contribution in [-0.2, 0) is 9.53 Å². The van der Waals surface area contributed by atoms with Crippen molar-refractivity contribution >= 4 is 12.0 Å². The number of piperazine rings is 1. The molecule has 2 saturated heterocycles. The predicted octanol–water partition coefficient (Wildman–Crippen LogP) is 2.29. The van der Waals surface area contributed by atoms with Gasteiger partial charge in [0, 0.05) is 13.1 Å². The molecule has 1 N–H and O–H groups in total. The normalized spacial score (nSPS) is 29.5. The molecule has 2 amide bonds. The Labute approximate surface area is 144 Å². The number of amides is 2. The molecule has 2 heterocycles. The van der Waals surface area contributed by atoms with Gasteiger partial charge in [0.2, 0.25) is 0 Å². The molecule has 3 rings (SSSR count). The summed E-state index contributed by atoms with van der Waals surface area (Å²) in [6.07, 6.45) is 5.52. The summed E-state index contributed by atoms with van der Waals surface area (Å²) < 4.78 is 5.56. The average Bonchev–Trinajstić information content (AvgIpc) is 2.91. The summed E-state index contributed by atoms with van der Waals surface area (Å²) in [6.45, 7) is 6.63. The van der Waals surface area contributed by atoms with Gasteiger partial charge >= 0.3 is 6.09 Å². The lowest BCUT2D eigenvalue weighted by Crippen LogP contribution is -2.66. The van der Waals surface area contributed by atoms with Gasteiger partial charge in [0.25, 0.3) is 5.91 Å². The number of piperidine rings is 1. The molecule has 3 aliphatic rings. The maximum absolute atomic E-state index is 12.8. The van der Waals surface area contributed by atoms with Crippen LogP contribution < -0.4 is 0 Å². The summed E-state index contributed by atoms with van der Waals surface area (Å²) in [4.78, 5) is 29.0. The summed E-state index contributed by atoms with van der Waals surface area (Å²) in [5.74, 6) is -0.138. The van der Waals surface area contributed by atoms with Crippen LogP contribution >= 0.6 is 0 Å². The van der Waals surface area contributed by atoms with Crippen molar-refractivity contribution in [2.75, 3.05) is 13.1 Å². The first-order valence-corrected chi connectivity index (χ1v) is 9.23. The van der Waals surface area contributed by atoms with E-state index in [0.717, 1.165) is 32.1 Å². The van der Waals surface area contributed by atoms with Gasteiger partial charge in [-0.1, -0.05) is 0 Å². The summed E-state index contributed by atoms with van der Waals surface area (Å²) in [5, 5.41) is 10.6. The van der Waals surface area contributed by atoms with Crippen molar-refractivity contribution in [1.29, 1.82) is 0 Å². The maximum atomic E-state index is 12.8. The second-order valence-electron chi connectivity index (χ2n) is 8.57. The van der Waals surface area contributed by atoms with Gasteiger partial charge in [0.15, 0.2) is 0 Å². The van der Waals surface area contributed by atoms with E-state index in [4.69, 9.17) is 4.74 Å². The number of likely N-dealkylation sites (tertiary alicyclic amines) is 1. The molecule has 1 saturated carbocycles. The second-order valence-corrected chi connectivity index (χ2v) is 8.57. The zero-order chi connectivity index (χ0) is 17.5. The minimum atomic E-state index is -1.18. The standard InChI is InChI=1S/C18H30N2O4/c1-17(2,3)24-16(22)20-13-7-6-8-14(20)12-19(11-13)15(21)18(23)9-4-5-10-18/h13-14,23H,4-12H2,1-3H3. The van der Waals surface area contributed by atoms with Gasteiger partial charge in [-0.3, -0.25) is 9.69 Å². The van der Waals surface area contributed by atoms with Crippen LogP contribution in [0.25, 0.3) is 0 Å². The predicted molar refractivity (Wildman–Crippen MR) is 89.5 cm³/mol. The van der Waals surface area contributed by atoms with Crippen LogP contribution in [0.5, 0.6) is 0 Å². The molecule has 3 fully saturated rings. The largest absolute Gasteiger partial charge is 0.444 e. The number of carbonyl (C=O) groups is 2. The highest BCUT2D eigenvalue weighted by molar-refractivity contribution is 5.85. The molecule has 0 spiro atoms. The van der Waals surface area contributed by atoms with E-state index >= 15 is 0 Å². The van der Waals surface area contributed by atoms with E-state index in [2.05, 4.69) is 0 Å². The van der Waals surface area contributed by atoms with Gasteiger partial charge in [-0.05, 0) is 65.7 Å². The van der Waals surface area contributed by atoms with Gasteiger partial charge < -0.3 is 14.7 Å². The Morgan fingerprint density at radius 1 is 1.04 bits per heavy atom. The van der Waals surface area contributed by atoms with Crippen molar-refractivity contribution in [3.63, 3.8) is 0 Å². The number of aliphatic hydroxyl groups is 1. The minimum absolute atomic E-state index is 0.00121. The van der Waals surface area contributed by atoms with Gasteiger partial charge in [-0.25, -0.2) is 4.79 Å². The Hall–Kier alpha value is -1.30. The highest BCUT2D eigenvalue weighted by Gasteiger charge is 2.48. The van der Waals surface area contributed by atoms with Crippen LogP contribution in [-0.4, -0.2) is 63.3 Å². The highest BCUT2D eigenvalue weighted by Crippen LogP contribution is 2.35. The first-order valence-electron chi connectivity index (χ1n) is 9.23. The molecule has 24 heavy (non-hydrogen) atoms. The Kier molecular flexibility index (Phi) is 4.53. The third-order valence-electron chi connectivity index (χ3n) is 5.44. The maximum Gasteiger partial charge on any atom is 0.410 e. The topological polar surface area (TPSA) is 70.1 Å². The first-order chi connectivity index (χ1) is 11.2. The summed E-state index contributed by atoms with van der Waals surface area (Å²) in [5.41, 5.74) is -1.69. The molecular weight excluding hydrogens is 308 g/mol. The number of carbonyl (C=O) groups excluding carboxylic acids is 2. The third kappa shape index (κ3) is 3.39. The fourth-order valence-corrected chi connectivity index (χ4v) is 4.35. The molecule has 6 nitrogen and oxygen atoms in total. The number of ether oxygens (including phenoxy) is 1. The molecule has 2 unspecified atom stereocenters. The smallest absolute Gasteiger partial charge is 0.410 e. The van der Waals surface area contributed by atoms with Crippen LogP contribution in [0.2, 0.25) is 0 Å². The van der Waals surface area contributed by atoms with Crippen molar-refractivity contribution in [2.24, 2.45) is 0 Å². The van der Waals surface area contributed by atoms with E-state index in [9.17, 15) is 14.7 Å². The second kappa shape index (κ2) is 6.21. The van der Waals surface area contributed by atoms with Crippen molar-refractivity contribution in [3.05, 3.63) is 0 Å². The lowest BCUT2D eigenvalue weighted by Gasteiger charge is -2.50. The summed E-state index contributed by atoms with van der Waals surface area (Å²) in [7, 11) is 0. The van der Waals surface area contributed by atoms with E-state index in [1.165, 1.54) is 0 Å². The molecule has 2 atom stereocenters. The number of nitrogens with zero attached hydrogens (tertiary/aromatic N) is 2. The molecule has 0 aromatic carbocycles. The van der Waals surface area contributed by atoms with E-state index in [0.29, 0.717) is 25.9 Å². The zero-order valence-electron chi connectivity index (χ0n) is 15.1. The molecule has 0 aromatic heterocycles.